The van der Waals surface area contributed by atoms with E-state index in [0.29, 0.717) is 11.4 Å². The zero-order valence-corrected chi connectivity index (χ0v) is 10.6. The molecule has 0 saturated carbocycles. The van der Waals surface area contributed by atoms with Gasteiger partial charge in [-0.25, -0.2) is 0 Å². The Labute approximate surface area is 111 Å². The standard InChI is InChI=1S/C15H14ClNO/c16-13-8-4-5-11(9-13)10-14(18)15(17)12-6-2-1-3-7-12/h1-9,15H,10,17H2. The molecule has 92 valence electrons. The molecule has 0 fully saturated rings. The summed E-state index contributed by atoms with van der Waals surface area (Å²) >= 11 is 5.88. The van der Waals surface area contributed by atoms with Crippen LogP contribution in [0.5, 0.6) is 0 Å². The van der Waals surface area contributed by atoms with Crippen molar-refractivity contribution in [2.45, 2.75) is 12.5 Å². The molecule has 0 saturated heterocycles. The molecule has 0 radical (unpaired) electrons. The minimum absolute atomic E-state index is 0.0107. The molecule has 2 aromatic carbocycles. The molecule has 0 heterocycles. The SMILES string of the molecule is NC(C(=O)Cc1cccc(Cl)c1)c1ccccc1. The molecule has 0 amide bonds. The lowest BCUT2D eigenvalue weighted by Gasteiger charge is -2.10. The second-order valence-corrected chi connectivity index (χ2v) is 4.60. The number of rotatable bonds is 4. The molecular formula is C15H14ClNO. The van der Waals surface area contributed by atoms with Gasteiger partial charge < -0.3 is 5.73 Å². The van der Waals surface area contributed by atoms with Crippen molar-refractivity contribution in [2.75, 3.05) is 0 Å². The van der Waals surface area contributed by atoms with Crippen LogP contribution < -0.4 is 5.73 Å². The first kappa shape index (κ1) is 12.8. The first-order chi connectivity index (χ1) is 8.66. The summed E-state index contributed by atoms with van der Waals surface area (Å²) in [6, 6.07) is 16.1. The van der Waals surface area contributed by atoms with Crippen LogP contribution in [-0.2, 0) is 11.2 Å². The topological polar surface area (TPSA) is 43.1 Å². The van der Waals surface area contributed by atoms with Gasteiger partial charge in [-0.2, -0.15) is 0 Å². The van der Waals surface area contributed by atoms with Gasteiger partial charge in [-0.15, -0.1) is 0 Å². The summed E-state index contributed by atoms with van der Waals surface area (Å²) in [6.07, 6.45) is 0.302. The van der Waals surface area contributed by atoms with Crippen LogP contribution in [0.1, 0.15) is 17.2 Å². The lowest BCUT2D eigenvalue weighted by Crippen LogP contribution is -2.23. The summed E-state index contributed by atoms with van der Waals surface area (Å²) < 4.78 is 0. The van der Waals surface area contributed by atoms with E-state index < -0.39 is 6.04 Å². The number of hydrogen-bond donors (Lipinski definition) is 1. The third kappa shape index (κ3) is 3.19. The number of benzene rings is 2. The minimum Gasteiger partial charge on any atom is -0.318 e. The summed E-state index contributed by atoms with van der Waals surface area (Å²) in [5.41, 5.74) is 7.67. The number of nitrogens with two attached hydrogens (primary N) is 1. The average molecular weight is 260 g/mol. The minimum atomic E-state index is -0.579. The lowest BCUT2D eigenvalue weighted by atomic mass is 9.98. The Bertz CT molecular complexity index is 539. The van der Waals surface area contributed by atoms with Crippen LogP contribution in [0.15, 0.2) is 54.6 Å². The van der Waals surface area contributed by atoms with E-state index in [2.05, 4.69) is 0 Å². The summed E-state index contributed by atoms with van der Waals surface area (Å²) in [5.74, 6) is -0.0107. The van der Waals surface area contributed by atoms with E-state index in [9.17, 15) is 4.79 Å². The van der Waals surface area contributed by atoms with Crippen LogP contribution in [0.3, 0.4) is 0 Å². The van der Waals surface area contributed by atoms with E-state index in [1.165, 1.54) is 0 Å². The monoisotopic (exact) mass is 259 g/mol. The van der Waals surface area contributed by atoms with Crippen molar-refractivity contribution in [3.05, 3.63) is 70.7 Å². The van der Waals surface area contributed by atoms with Crippen molar-refractivity contribution in [3.63, 3.8) is 0 Å². The van der Waals surface area contributed by atoms with Gasteiger partial charge in [-0.05, 0) is 23.3 Å². The fourth-order valence-electron chi connectivity index (χ4n) is 1.80. The number of ketones is 1. The maximum Gasteiger partial charge on any atom is 0.158 e. The van der Waals surface area contributed by atoms with E-state index in [4.69, 9.17) is 17.3 Å². The van der Waals surface area contributed by atoms with Gasteiger partial charge in [0.15, 0.2) is 5.78 Å². The molecule has 2 aromatic rings. The molecule has 1 unspecified atom stereocenters. The third-order valence-corrected chi connectivity index (χ3v) is 3.01. The Balaban J connectivity index is 2.09. The normalized spacial score (nSPS) is 12.1. The van der Waals surface area contributed by atoms with Crippen LogP contribution in [0.25, 0.3) is 0 Å². The molecule has 0 bridgehead atoms. The van der Waals surface area contributed by atoms with Gasteiger partial charge in [-0.3, -0.25) is 4.79 Å². The molecule has 0 aliphatic carbocycles. The molecule has 0 aliphatic rings. The second-order valence-electron chi connectivity index (χ2n) is 4.16. The predicted molar refractivity (Wildman–Crippen MR) is 73.5 cm³/mol. The van der Waals surface area contributed by atoms with Crippen molar-refractivity contribution in [1.82, 2.24) is 0 Å². The fourth-order valence-corrected chi connectivity index (χ4v) is 2.02. The fraction of sp³-hybridized carbons (Fsp3) is 0.133. The Kier molecular flexibility index (Phi) is 4.13. The van der Waals surface area contributed by atoms with E-state index in [0.717, 1.165) is 11.1 Å². The second kappa shape index (κ2) is 5.80. The Morgan fingerprint density at radius 2 is 1.83 bits per heavy atom. The zero-order valence-electron chi connectivity index (χ0n) is 9.84. The van der Waals surface area contributed by atoms with Crippen LogP contribution in [0.4, 0.5) is 0 Å². The lowest BCUT2D eigenvalue weighted by molar-refractivity contribution is -0.119. The van der Waals surface area contributed by atoms with Crippen molar-refractivity contribution < 1.29 is 4.79 Å². The zero-order chi connectivity index (χ0) is 13.0. The molecule has 0 spiro atoms. The highest BCUT2D eigenvalue weighted by atomic mass is 35.5. The molecule has 1 atom stereocenters. The van der Waals surface area contributed by atoms with E-state index >= 15 is 0 Å². The first-order valence-electron chi connectivity index (χ1n) is 5.74. The van der Waals surface area contributed by atoms with Gasteiger partial charge in [0, 0.05) is 11.4 Å². The number of halogens is 1. The first-order valence-corrected chi connectivity index (χ1v) is 6.12. The quantitative estimate of drug-likeness (QED) is 0.917. The highest BCUT2D eigenvalue weighted by Crippen LogP contribution is 2.16. The van der Waals surface area contributed by atoms with Crippen molar-refractivity contribution in [1.29, 1.82) is 0 Å². The Morgan fingerprint density at radius 1 is 1.11 bits per heavy atom. The van der Waals surface area contributed by atoms with Gasteiger partial charge in [0.1, 0.15) is 0 Å². The van der Waals surface area contributed by atoms with Crippen LogP contribution in [-0.4, -0.2) is 5.78 Å². The van der Waals surface area contributed by atoms with E-state index in [1.54, 1.807) is 12.1 Å². The maximum atomic E-state index is 12.1. The predicted octanol–water partition coefficient (Wildman–Crippen LogP) is 3.15. The maximum absolute atomic E-state index is 12.1. The summed E-state index contributed by atoms with van der Waals surface area (Å²) in [4.78, 5) is 12.1. The molecule has 18 heavy (non-hydrogen) atoms. The largest absolute Gasteiger partial charge is 0.318 e. The Hall–Kier alpha value is -1.64. The molecular weight excluding hydrogens is 246 g/mol. The molecule has 2 N–H and O–H groups in total. The third-order valence-electron chi connectivity index (χ3n) is 2.77. The number of carbonyl (C=O) groups excluding carboxylic acids is 1. The summed E-state index contributed by atoms with van der Waals surface area (Å²) in [6.45, 7) is 0. The number of Topliss-reactive ketones (excluding diaryl/α,β-unsaturated/α-hetero) is 1. The molecule has 2 nitrogen and oxygen atoms in total. The average Bonchev–Trinajstić information content (AvgIpc) is 2.39. The van der Waals surface area contributed by atoms with Gasteiger partial charge in [0.25, 0.3) is 0 Å². The summed E-state index contributed by atoms with van der Waals surface area (Å²) in [5, 5.41) is 0.633. The van der Waals surface area contributed by atoms with Gasteiger partial charge >= 0.3 is 0 Å². The molecule has 2 rings (SSSR count). The number of carbonyl (C=O) groups is 1. The molecule has 0 aromatic heterocycles. The molecule has 3 heteroatoms. The van der Waals surface area contributed by atoms with Crippen molar-refractivity contribution in [3.8, 4) is 0 Å². The highest BCUT2D eigenvalue weighted by Gasteiger charge is 2.15. The van der Waals surface area contributed by atoms with E-state index in [1.807, 2.05) is 42.5 Å². The smallest absolute Gasteiger partial charge is 0.158 e. The van der Waals surface area contributed by atoms with Crippen molar-refractivity contribution >= 4 is 17.4 Å². The van der Waals surface area contributed by atoms with Crippen molar-refractivity contribution in [2.24, 2.45) is 5.73 Å². The van der Waals surface area contributed by atoms with Crippen LogP contribution in [0, 0.1) is 0 Å². The van der Waals surface area contributed by atoms with E-state index in [-0.39, 0.29) is 5.78 Å². The van der Waals surface area contributed by atoms with Crippen LogP contribution in [0.2, 0.25) is 5.02 Å². The molecule has 0 aliphatic heterocycles. The Morgan fingerprint density at radius 3 is 2.50 bits per heavy atom. The van der Waals surface area contributed by atoms with Gasteiger partial charge in [-0.1, -0.05) is 54.1 Å². The summed E-state index contributed by atoms with van der Waals surface area (Å²) in [7, 11) is 0. The van der Waals surface area contributed by atoms with Gasteiger partial charge in [0.05, 0.1) is 6.04 Å². The van der Waals surface area contributed by atoms with Gasteiger partial charge in [0.2, 0.25) is 0 Å². The van der Waals surface area contributed by atoms with Crippen LogP contribution >= 0.6 is 11.6 Å². The number of hydrogen-bond acceptors (Lipinski definition) is 2. The highest BCUT2D eigenvalue weighted by molar-refractivity contribution is 6.30.